The van der Waals surface area contributed by atoms with Crippen molar-refractivity contribution in [1.82, 2.24) is 5.32 Å². The Morgan fingerprint density at radius 1 is 1.09 bits per heavy atom. The van der Waals surface area contributed by atoms with Crippen LogP contribution in [0.3, 0.4) is 0 Å². The Labute approximate surface area is 137 Å². The first-order valence-electron chi connectivity index (χ1n) is 6.83. The molecule has 1 aromatic carbocycles. The fraction of sp³-hybridized carbons (Fsp3) is 0. The molecule has 0 bridgehead atoms. The Morgan fingerprint density at radius 2 is 1.87 bits per heavy atom. The molecular weight excluding hydrogens is 312 g/mol. The number of benzene rings is 1. The fourth-order valence-electron chi connectivity index (χ4n) is 2.11. The number of hydrogen-bond acceptors (Lipinski definition) is 4. The SMILES string of the molecule is O=C1NC(=S)N(c2ccccc2)C(=O)/C1=C\C=C\c1ccco1. The quantitative estimate of drug-likeness (QED) is 0.536. The molecule has 1 aliphatic heterocycles. The summed E-state index contributed by atoms with van der Waals surface area (Å²) in [6, 6.07) is 12.4. The molecule has 1 fully saturated rings. The average Bonchev–Trinajstić information content (AvgIpc) is 3.04. The van der Waals surface area contributed by atoms with Gasteiger partial charge >= 0.3 is 0 Å². The smallest absolute Gasteiger partial charge is 0.270 e. The lowest BCUT2D eigenvalue weighted by Crippen LogP contribution is -2.54. The third-order valence-corrected chi connectivity index (χ3v) is 3.47. The summed E-state index contributed by atoms with van der Waals surface area (Å²) >= 11 is 5.11. The number of nitrogens with one attached hydrogen (secondary N) is 1. The monoisotopic (exact) mass is 324 g/mol. The van der Waals surface area contributed by atoms with Crippen LogP contribution in [-0.2, 0) is 9.59 Å². The second kappa shape index (κ2) is 6.41. The van der Waals surface area contributed by atoms with Crippen LogP contribution < -0.4 is 10.2 Å². The van der Waals surface area contributed by atoms with E-state index in [2.05, 4.69) is 5.32 Å². The minimum absolute atomic E-state index is 0.00487. The average molecular weight is 324 g/mol. The van der Waals surface area contributed by atoms with Gasteiger partial charge in [0, 0.05) is 0 Å². The molecule has 6 heteroatoms. The Morgan fingerprint density at radius 3 is 2.57 bits per heavy atom. The lowest BCUT2D eigenvalue weighted by atomic mass is 10.1. The van der Waals surface area contributed by atoms with E-state index >= 15 is 0 Å². The zero-order valence-corrected chi connectivity index (χ0v) is 12.7. The highest BCUT2D eigenvalue weighted by molar-refractivity contribution is 7.80. The number of thiocarbonyl (C=S) groups is 1. The molecule has 1 aliphatic rings. The van der Waals surface area contributed by atoms with Crippen LogP contribution in [0.2, 0.25) is 0 Å². The summed E-state index contributed by atoms with van der Waals surface area (Å²) in [7, 11) is 0. The molecule has 1 aromatic heterocycles. The summed E-state index contributed by atoms with van der Waals surface area (Å²) in [5, 5.41) is 2.59. The van der Waals surface area contributed by atoms with Crippen LogP contribution >= 0.6 is 12.2 Å². The van der Waals surface area contributed by atoms with E-state index in [1.54, 1.807) is 54.8 Å². The molecule has 0 spiro atoms. The van der Waals surface area contributed by atoms with Crippen molar-refractivity contribution >= 4 is 40.9 Å². The van der Waals surface area contributed by atoms with E-state index in [9.17, 15) is 9.59 Å². The standard InChI is InChI=1S/C17H12N2O3S/c20-15-14(10-4-8-13-9-5-11-22-13)16(21)19(17(23)18-15)12-6-2-1-3-7-12/h1-11H,(H,18,20,23)/b8-4+,14-10-. The second-order valence-corrected chi connectivity index (χ2v) is 5.08. The number of nitrogens with zero attached hydrogens (tertiary/aromatic N) is 1. The van der Waals surface area contributed by atoms with Gasteiger partial charge in [-0.1, -0.05) is 24.3 Å². The molecule has 2 aromatic rings. The van der Waals surface area contributed by atoms with Crippen LogP contribution in [0.1, 0.15) is 5.76 Å². The van der Waals surface area contributed by atoms with E-state index in [4.69, 9.17) is 16.6 Å². The summed E-state index contributed by atoms with van der Waals surface area (Å²) in [6.07, 6.45) is 6.23. The number of rotatable bonds is 3. The number of para-hydroxylation sites is 1. The van der Waals surface area contributed by atoms with Crippen molar-refractivity contribution in [2.75, 3.05) is 4.90 Å². The number of hydrogen-bond donors (Lipinski definition) is 1. The first kappa shape index (κ1) is 14.9. The maximum atomic E-state index is 12.6. The predicted octanol–water partition coefficient (Wildman–Crippen LogP) is 2.67. The number of allylic oxidation sites excluding steroid dienone is 2. The van der Waals surface area contributed by atoms with E-state index in [1.165, 1.54) is 11.0 Å². The summed E-state index contributed by atoms with van der Waals surface area (Å²) in [5.41, 5.74) is 0.605. The van der Waals surface area contributed by atoms with Crippen molar-refractivity contribution in [2.24, 2.45) is 0 Å². The van der Waals surface area contributed by atoms with Crippen LogP contribution in [0.25, 0.3) is 6.08 Å². The first-order chi connectivity index (χ1) is 11.2. The van der Waals surface area contributed by atoms with Gasteiger partial charge in [0.25, 0.3) is 11.8 Å². The topological polar surface area (TPSA) is 62.6 Å². The van der Waals surface area contributed by atoms with Crippen LogP contribution in [0, 0.1) is 0 Å². The van der Waals surface area contributed by atoms with Gasteiger partial charge in [-0.05, 0) is 48.6 Å². The van der Waals surface area contributed by atoms with Gasteiger partial charge in [-0.25, -0.2) is 0 Å². The molecule has 114 valence electrons. The second-order valence-electron chi connectivity index (χ2n) is 4.69. The van der Waals surface area contributed by atoms with Crippen molar-refractivity contribution < 1.29 is 14.0 Å². The Kier molecular flexibility index (Phi) is 4.16. The minimum atomic E-state index is -0.517. The first-order valence-corrected chi connectivity index (χ1v) is 7.24. The highest BCUT2D eigenvalue weighted by atomic mass is 32.1. The number of anilines is 1. The minimum Gasteiger partial charge on any atom is -0.465 e. The van der Waals surface area contributed by atoms with Crippen molar-refractivity contribution in [3.8, 4) is 0 Å². The number of amides is 2. The van der Waals surface area contributed by atoms with Gasteiger partial charge in [0.15, 0.2) is 5.11 Å². The summed E-state index contributed by atoms with van der Waals surface area (Å²) in [4.78, 5) is 25.9. The van der Waals surface area contributed by atoms with Crippen LogP contribution in [-0.4, -0.2) is 16.9 Å². The molecule has 23 heavy (non-hydrogen) atoms. The highest BCUT2D eigenvalue weighted by Crippen LogP contribution is 2.20. The normalized spacial score (nSPS) is 17.1. The molecule has 1 saturated heterocycles. The van der Waals surface area contributed by atoms with Gasteiger partial charge in [-0.2, -0.15) is 0 Å². The Balaban J connectivity index is 1.89. The lowest BCUT2D eigenvalue weighted by Gasteiger charge is -2.28. The third-order valence-electron chi connectivity index (χ3n) is 3.18. The Bertz CT molecular complexity index is 808. The maximum absolute atomic E-state index is 12.6. The molecular formula is C17H12N2O3S. The molecule has 2 heterocycles. The van der Waals surface area contributed by atoms with Crippen molar-refractivity contribution in [3.63, 3.8) is 0 Å². The molecule has 0 saturated carbocycles. The van der Waals surface area contributed by atoms with Gasteiger partial charge in [0.05, 0.1) is 12.0 Å². The fourth-order valence-corrected chi connectivity index (χ4v) is 2.40. The molecule has 3 rings (SSSR count). The third kappa shape index (κ3) is 3.12. The number of carbonyl (C=O) groups excluding carboxylic acids is 2. The zero-order valence-electron chi connectivity index (χ0n) is 11.9. The summed E-state index contributed by atoms with van der Waals surface area (Å²) < 4.78 is 5.15. The largest absolute Gasteiger partial charge is 0.465 e. The van der Waals surface area contributed by atoms with Gasteiger partial charge in [0.1, 0.15) is 11.3 Å². The molecule has 0 unspecified atom stereocenters. The number of furan rings is 1. The van der Waals surface area contributed by atoms with Gasteiger partial charge in [-0.3, -0.25) is 19.8 Å². The number of carbonyl (C=O) groups is 2. The van der Waals surface area contributed by atoms with Gasteiger partial charge in [-0.15, -0.1) is 0 Å². The Hall–Kier alpha value is -2.99. The molecule has 0 radical (unpaired) electrons. The van der Waals surface area contributed by atoms with E-state index < -0.39 is 11.8 Å². The van der Waals surface area contributed by atoms with Crippen molar-refractivity contribution in [2.45, 2.75) is 0 Å². The molecule has 0 aliphatic carbocycles. The summed E-state index contributed by atoms with van der Waals surface area (Å²) in [6.45, 7) is 0. The van der Waals surface area contributed by atoms with Crippen molar-refractivity contribution in [3.05, 3.63) is 72.2 Å². The van der Waals surface area contributed by atoms with Crippen molar-refractivity contribution in [1.29, 1.82) is 0 Å². The molecule has 1 N–H and O–H groups in total. The van der Waals surface area contributed by atoms with E-state index in [-0.39, 0.29) is 10.7 Å². The van der Waals surface area contributed by atoms with Gasteiger partial charge < -0.3 is 4.42 Å². The van der Waals surface area contributed by atoms with Crippen LogP contribution in [0.4, 0.5) is 5.69 Å². The maximum Gasteiger partial charge on any atom is 0.270 e. The highest BCUT2D eigenvalue weighted by Gasteiger charge is 2.33. The zero-order chi connectivity index (χ0) is 16.2. The molecule has 0 atom stereocenters. The summed E-state index contributed by atoms with van der Waals surface area (Å²) in [5.74, 6) is -0.355. The molecule has 2 amide bonds. The van der Waals surface area contributed by atoms with E-state index in [1.807, 2.05) is 6.07 Å². The van der Waals surface area contributed by atoms with E-state index in [0.29, 0.717) is 11.4 Å². The van der Waals surface area contributed by atoms with Crippen LogP contribution in [0.15, 0.2) is 70.9 Å². The van der Waals surface area contributed by atoms with Gasteiger partial charge in [0.2, 0.25) is 0 Å². The predicted molar refractivity (Wildman–Crippen MR) is 90.5 cm³/mol. The lowest BCUT2D eigenvalue weighted by molar-refractivity contribution is -0.122. The molecule has 5 nitrogen and oxygen atoms in total. The van der Waals surface area contributed by atoms with Crippen LogP contribution in [0.5, 0.6) is 0 Å². The van der Waals surface area contributed by atoms with E-state index in [0.717, 1.165) is 0 Å².